The largest absolute Gasteiger partial charge is 0.376 e. The van der Waals surface area contributed by atoms with Gasteiger partial charge in [0.2, 0.25) is 0 Å². The van der Waals surface area contributed by atoms with E-state index in [1.807, 2.05) is 10.9 Å². The van der Waals surface area contributed by atoms with Crippen molar-refractivity contribution in [2.24, 2.45) is 0 Å². The van der Waals surface area contributed by atoms with Gasteiger partial charge in [0.25, 0.3) is 0 Å². The second-order valence-corrected chi connectivity index (χ2v) is 7.82. The van der Waals surface area contributed by atoms with Crippen LogP contribution in [0.15, 0.2) is 24.4 Å². The van der Waals surface area contributed by atoms with Crippen LogP contribution in [0.4, 0.5) is 5.69 Å². The maximum Gasteiger partial charge on any atom is 0.113 e. The minimum absolute atomic E-state index is 0.0174. The molecular weight excluding hydrogens is 328 g/mol. The molecule has 2 aliphatic rings. The van der Waals surface area contributed by atoms with E-state index >= 15 is 0 Å². The van der Waals surface area contributed by atoms with Gasteiger partial charge in [-0.2, -0.15) is 0 Å². The van der Waals surface area contributed by atoms with Crippen molar-refractivity contribution in [1.82, 2.24) is 15.0 Å². The number of rotatable bonds is 5. The molecule has 0 radical (unpaired) electrons. The first-order valence-electron chi connectivity index (χ1n) is 9.49. The number of benzene rings is 1. The van der Waals surface area contributed by atoms with Gasteiger partial charge < -0.3 is 14.4 Å². The Kier molecular flexibility index (Phi) is 4.71. The van der Waals surface area contributed by atoms with E-state index in [1.54, 1.807) is 7.11 Å². The van der Waals surface area contributed by atoms with Gasteiger partial charge in [0.05, 0.1) is 24.4 Å². The number of aromatic nitrogens is 3. The van der Waals surface area contributed by atoms with Crippen molar-refractivity contribution in [3.05, 3.63) is 30.0 Å². The fourth-order valence-corrected chi connectivity index (χ4v) is 3.88. The molecule has 140 valence electrons. The quantitative estimate of drug-likeness (QED) is 0.824. The first-order valence-corrected chi connectivity index (χ1v) is 9.49. The van der Waals surface area contributed by atoms with E-state index in [-0.39, 0.29) is 11.7 Å². The molecule has 2 aliphatic heterocycles. The molecule has 6 heteroatoms. The van der Waals surface area contributed by atoms with Crippen molar-refractivity contribution in [3.8, 4) is 11.3 Å². The van der Waals surface area contributed by atoms with Crippen molar-refractivity contribution >= 4 is 5.69 Å². The second kappa shape index (κ2) is 7.00. The molecule has 3 heterocycles. The molecule has 1 aromatic heterocycles. The summed E-state index contributed by atoms with van der Waals surface area (Å²) in [7, 11) is 1.79. The van der Waals surface area contributed by atoms with Gasteiger partial charge in [-0.05, 0) is 50.8 Å². The molecule has 1 atom stereocenters. The van der Waals surface area contributed by atoms with E-state index in [9.17, 15) is 0 Å². The molecule has 2 fully saturated rings. The third-order valence-electron chi connectivity index (χ3n) is 5.60. The number of aryl methyl sites for hydroxylation is 1. The average Bonchev–Trinajstić information content (AvgIpc) is 3.08. The van der Waals surface area contributed by atoms with Crippen molar-refractivity contribution in [2.45, 2.75) is 51.4 Å². The second-order valence-electron chi connectivity index (χ2n) is 7.82. The lowest BCUT2D eigenvalue weighted by Gasteiger charge is -2.48. The summed E-state index contributed by atoms with van der Waals surface area (Å²) in [4.78, 5) is 2.34. The van der Waals surface area contributed by atoms with Crippen LogP contribution < -0.4 is 4.90 Å². The Bertz CT molecular complexity index is 761. The van der Waals surface area contributed by atoms with Gasteiger partial charge in [-0.1, -0.05) is 11.3 Å². The van der Waals surface area contributed by atoms with Gasteiger partial charge in [-0.3, -0.25) is 0 Å². The Hall–Kier alpha value is -1.92. The number of anilines is 1. The minimum Gasteiger partial charge on any atom is -0.376 e. The molecule has 0 amide bonds. The van der Waals surface area contributed by atoms with Crippen LogP contribution in [0.25, 0.3) is 11.3 Å². The third kappa shape index (κ3) is 3.48. The van der Waals surface area contributed by atoms with Crippen LogP contribution in [-0.2, 0) is 16.0 Å². The molecule has 2 aromatic rings. The zero-order valence-electron chi connectivity index (χ0n) is 15.9. The van der Waals surface area contributed by atoms with E-state index in [4.69, 9.17) is 9.47 Å². The molecule has 26 heavy (non-hydrogen) atoms. The molecule has 0 N–H and O–H groups in total. The van der Waals surface area contributed by atoms with Crippen LogP contribution in [0.5, 0.6) is 0 Å². The van der Waals surface area contributed by atoms with Gasteiger partial charge in [0.15, 0.2) is 0 Å². The Labute approximate surface area is 155 Å². The zero-order valence-corrected chi connectivity index (χ0v) is 15.9. The first-order chi connectivity index (χ1) is 12.6. The molecule has 0 bridgehead atoms. The van der Waals surface area contributed by atoms with E-state index in [0.29, 0.717) is 0 Å². The Morgan fingerprint density at radius 2 is 2.15 bits per heavy atom. The molecule has 0 spiro atoms. The maximum absolute atomic E-state index is 5.80. The number of ether oxygens (including phenoxy) is 2. The van der Waals surface area contributed by atoms with Crippen molar-refractivity contribution in [3.63, 3.8) is 0 Å². The van der Waals surface area contributed by atoms with Crippen LogP contribution in [0.3, 0.4) is 0 Å². The molecule has 2 saturated heterocycles. The summed E-state index contributed by atoms with van der Waals surface area (Å²) >= 11 is 0. The summed E-state index contributed by atoms with van der Waals surface area (Å²) in [5.74, 6) is 0. The number of hydrogen-bond acceptors (Lipinski definition) is 5. The maximum atomic E-state index is 5.80. The molecule has 0 saturated carbocycles. The van der Waals surface area contributed by atoms with Crippen LogP contribution >= 0.6 is 0 Å². The molecular formula is C20H28N4O2. The smallest absolute Gasteiger partial charge is 0.113 e. The number of hydrogen-bond donors (Lipinski definition) is 0. The minimum atomic E-state index is -0.0174. The summed E-state index contributed by atoms with van der Waals surface area (Å²) in [6.45, 7) is 7.80. The van der Waals surface area contributed by atoms with Gasteiger partial charge in [-0.25, -0.2) is 4.68 Å². The van der Waals surface area contributed by atoms with Crippen molar-refractivity contribution < 1.29 is 9.47 Å². The summed E-state index contributed by atoms with van der Waals surface area (Å²) in [5.41, 5.74) is 4.50. The third-order valence-corrected chi connectivity index (χ3v) is 5.60. The molecule has 0 unspecified atom stereocenters. The Balaban J connectivity index is 1.45. The highest BCUT2D eigenvalue weighted by Gasteiger charge is 2.38. The van der Waals surface area contributed by atoms with Crippen LogP contribution in [0, 0.1) is 6.92 Å². The highest BCUT2D eigenvalue weighted by molar-refractivity contribution is 5.67. The lowest BCUT2D eigenvalue weighted by Crippen LogP contribution is -2.61. The SMILES string of the molecule is COC1(C)CN(c2ccc(-c3cn(C[C@H]4CCCCO4)nn3)c(C)c2)C1. The lowest BCUT2D eigenvalue weighted by molar-refractivity contribution is -0.0167. The normalized spacial score (nSPS) is 22.3. The molecule has 0 aliphatic carbocycles. The summed E-state index contributed by atoms with van der Waals surface area (Å²) in [5, 5.41) is 8.68. The van der Waals surface area contributed by atoms with Crippen LogP contribution in [0.1, 0.15) is 31.7 Å². The van der Waals surface area contributed by atoms with E-state index in [1.165, 1.54) is 24.1 Å². The molecule has 6 nitrogen and oxygen atoms in total. The van der Waals surface area contributed by atoms with Gasteiger partial charge in [0, 0.05) is 38.1 Å². The number of nitrogens with zero attached hydrogens (tertiary/aromatic N) is 4. The molecule has 1 aromatic carbocycles. The van der Waals surface area contributed by atoms with Crippen LogP contribution in [0.2, 0.25) is 0 Å². The fourth-order valence-electron chi connectivity index (χ4n) is 3.88. The lowest BCUT2D eigenvalue weighted by atomic mass is 9.94. The van der Waals surface area contributed by atoms with E-state index in [2.05, 4.69) is 47.3 Å². The highest BCUT2D eigenvalue weighted by atomic mass is 16.5. The predicted octanol–water partition coefficient (Wildman–Crippen LogP) is 3.05. The van der Waals surface area contributed by atoms with Crippen molar-refractivity contribution in [1.29, 1.82) is 0 Å². The number of methoxy groups -OCH3 is 1. The zero-order chi connectivity index (χ0) is 18.1. The summed E-state index contributed by atoms with van der Waals surface area (Å²) in [6.07, 6.45) is 5.82. The first kappa shape index (κ1) is 17.5. The van der Waals surface area contributed by atoms with E-state index < -0.39 is 0 Å². The fraction of sp³-hybridized carbons (Fsp3) is 0.600. The van der Waals surface area contributed by atoms with Gasteiger partial charge in [0.1, 0.15) is 5.69 Å². The average molecular weight is 356 g/mol. The summed E-state index contributed by atoms with van der Waals surface area (Å²) in [6, 6.07) is 6.55. The summed E-state index contributed by atoms with van der Waals surface area (Å²) < 4.78 is 13.3. The predicted molar refractivity (Wildman–Crippen MR) is 101 cm³/mol. The monoisotopic (exact) mass is 356 g/mol. The van der Waals surface area contributed by atoms with Crippen molar-refractivity contribution in [2.75, 3.05) is 31.7 Å². The topological polar surface area (TPSA) is 52.4 Å². The molecule has 4 rings (SSSR count). The Morgan fingerprint density at radius 1 is 1.31 bits per heavy atom. The van der Waals surface area contributed by atoms with E-state index in [0.717, 1.165) is 43.9 Å². The standard InChI is InChI=1S/C20H28N4O2/c1-15-10-16(23-13-20(2,14-23)25-3)7-8-18(15)19-12-24(22-21-19)11-17-6-4-5-9-26-17/h7-8,10,12,17H,4-6,9,11,13-14H2,1-3H3/t17-/m1/s1. The highest BCUT2D eigenvalue weighted by Crippen LogP contribution is 2.32. The van der Waals surface area contributed by atoms with Crippen LogP contribution in [-0.4, -0.2) is 53.5 Å². The Morgan fingerprint density at radius 3 is 2.85 bits per heavy atom. The van der Waals surface area contributed by atoms with Gasteiger partial charge >= 0.3 is 0 Å². The van der Waals surface area contributed by atoms with Gasteiger partial charge in [-0.15, -0.1) is 5.10 Å².